The summed E-state index contributed by atoms with van der Waals surface area (Å²) in [5.74, 6) is -1.18. The van der Waals surface area contributed by atoms with Crippen molar-refractivity contribution in [2.24, 2.45) is 5.92 Å². The highest BCUT2D eigenvalue weighted by molar-refractivity contribution is 5.88. The third-order valence-corrected chi connectivity index (χ3v) is 3.65. The van der Waals surface area contributed by atoms with Crippen molar-refractivity contribution in [3.63, 3.8) is 0 Å². The fourth-order valence-corrected chi connectivity index (χ4v) is 2.20. The van der Waals surface area contributed by atoms with Crippen LogP contribution in [0.3, 0.4) is 0 Å². The van der Waals surface area contributed by atoms with Gasteiger partial charge in [0.25, 0.3) is 0 Å². The van der Waals surface area contributed by atoms with Gasteiger partial charge in [-0.3, -0.25) is 4.79 Å². The predicted octanol–water partition coefficient (Wildman–Crippen LogP) is 0.746. The second kappa shape index (κ2) is 6.00. The normalized spacial score (nSPS) is 20.9. The zero-order chi connectivity index (χ0) is 12.9. The monoisotopic (exact) mass is 242 g/mol. The molecular weight excluding hydrogens is 220 g/mol. The third kappa shape index (κ3) is 3.19. The van der Waals surface area contributed by atoms with Gasteiger partial charge in [-0.25, -0.2) is 4.79 Å². The first-order valence-corrected chi connectivity index (χ1v) is 6.32. The number of carbonyl (C=O) groups excluding carboxylic acids is 1. The molecule has 1 aliphatic rings. The van der Waals surface area contributed by atoms with E-state index in [0.29, 0.717) is 19.4 Å². The summed E-state index contributed by atoms with van der Waals surface area (Å²) >= 11 is 0. The first-order valence-electron chi connectivity index (χ1n) is 6.32. The first-order chi connectivity index (χ1) is 8.05. The average molecular weight is 242 g/mol. The van der Waals surface area contributed by atoms with E-state index in [-0.39, 0.29) is 11.8 Å². The fraction of sp³-hybridized carbons (Fsp3) is 0.833. The molecular formula is C12H22N2O3. The largest absolute Gasteiger partial charge is 0.480 e. The van der Waals surface area contributed by atoms with Crippen LogP contribution in [0.4, 0.5) is 0 Å². The molecule has 0 aromatic carbocycles. The Morgan fingerprint density at radius 1 is 1.41 bits per heavy atom. The molecule has 3 N–H and O–H groups in total. The summed E-state index contributed by atoms with van der Waals surface area (Å²) in [5, 5.41) is 15.1. The van der Waals surface area contributed by atoms with Gasteiger partial charge in [-0.1, -0.05) is 13.8 Å². The van der Waals surface area contributed by atoms with Crippen LogP contribution < -0.4 is 10.6 Å². The van der Waals surface area contributed by atoms with Crippen molar-refractivity contribution in [1.82, 2.24) is 10.6 Å². The number of hydrogen-bond donors (Lipinski definition) is 3. The molecule has 0 aliphatic carbocycles. The molecule has 1 saturated heterocycles. The Morgan fingerprint density at radius 3 is 2.47 bits per heavy atom. The van der Waals surface area contributed by atoms with Crippen LogP contribution in [0.15, 0.2) is 0 Å². The number of carbonyl (C=O) groups is 2. The van der Waals surface area contributed by atoms with Gasteiger partial charge in [-0.05, 0) is 32.2 Å². The van der Waals surface area contributed by atoms with Gasteiger partial charge in [0.05, 0.1) is 5.92 Å². The Morgan fingerprint density at radius 2 is 2.06 bits per heavy atom. The second-order valence-corrected chi connectivity index (χ2v) is 4.63. The zero-order valence-electron chi connectivity index (χ0n) is 10.6. The predicted molar refractivity (Wildman–Crippen MR) is 64.7 cm³/mol. The van der Waals surface area contributed by atoms with Crippen LogP contribution in [0.2, 0.25) is 0 Å². The number of amides is 1. The van der Waals surface area contributed by atoms with E-state index in [9.17, 15) is 14.7 Å². The Kier molecular flexibility index (Phi) is 4.93. The third-order valence-electron chi connectivity index (χ3n) is 3.65. The molecule has 0 aromatic heterocycles. The molecule has 0 aromatic rings. The molecule has 0 spiro atoms. The number of rotatable bonds is 5. The van der Waals surface area contributed by atoms with Gasteiger partial charge in [-0.15, -0.1) is 0 Å². The van der Waals surface area contributed by atoms with Crippen molar-refractivity contribution in [3.05, 3.63) is 0 Å². The van der Waals surface area contributed by atoms with Crippen LogP contribution in [-0.4, -0.2) is 35.6 Å². The molecule has 17 heavy (non-hydrogen) atoms. The molecule has 1 amide bonds. The summed E-state index contributed by atoms with van der Waals surface area (Å²) in [7, 11) is 0. The van der Waals surface area contributed by atoms with E-state index in [0.717, 1.165) is 19.4 Å². The van der Waals surface area contributed by atoms with Crippen LogP contribution in [0.25, 0.3) is 0 Å². The van der Waals surface area contributed by atoms with Crippen LogP contribution in [0, 0.1) is 5.92 Å². The molecule has 0 radical (unpaired) electrons. The summed E-state index contributed by atoms with van der Waals surface area (Å²) in [6, 6.07) is 0. The summed E-state index contributed by atoms with van der Waals surface area (Å²) < 4.78 is 0. The molecule has 1 heterocycles. The highest BCUT2D eigenvalue weighted by Gasteiger charge is 2.38. The van der Waals surface area contributed by atoms with E-state index in [2.05, 4.69) is 10.6 Å². The maximum atomic E-state index is 12.0. The lowest BCUT2D eigenvalue weighted by atomic mass is 9.90. The number of hydrogen-bond acceptors (Lipinski definition) is 3. The number of nitrogens with one attached hydrogen (secondary N) is 2. The van der Waals surface area contributed by atoms with E-state index in [4.69, 9.17) is 0 Å². The topological polar surface area (TPSA) is 78.4 Å². The molecule has 98 valence electrons. The highest BCUT2D eigenvalue weighted by atomic mass is 16.4. The minimum absolute atomic E-state index is 0.0967. The van der Waals surface area contributed by atoms with Crippen LogP contribution in [-0.2, 0) is 9.59 Å². The maximum absolute atomic E-state index is 12.0. The van der Waals surface area contributed by atoms with Crippen molar-refractivity contribution in [1.29, 1.82) is 0 Å². The molecule has 0 bridgehead atoms. The van der Waals surface area contributed by atoms with Crippen molar-refractivity contribution in [3.8, 4) is 0 Å². The quantitative estimate of drug-likeness (QED) is 0.664. The standard InChI is InChI=1S/C12H22N2O3/c1-3-12(4-2,11(16)17)14-10(15)9-6-5-7-13-8-9/h9,13H,3-8H2,1-2H3,(H,14,15)(H,16,17). The van der Waals surface area contributed by atoms with E-state index >= 15 is 0 Å². The van der Waals surface area contributed by atoms with Crippen LogP contribution in [0.1, 0.15) is 39.5 Å². The van der Waals surface area contributed by atoms with Gasteiger partial charge in [-0.2, -0.15) is 0 Å². The highest BCUT2D eigenvalue weighted by Crippen LogP contribution is 2.18. The zero-order valence-corrected chi connectivity index (χ0v) is 10.6. The average Bonchev–Trinajstić information content (AvgIpc) is 2.36. The molecule has 1 rings (SSSR count). The van der Waals surface area contributed by atoms with Crippen molar-refractivity contribution in [2.75, 3.05) is 13.1 Å². The summed E-state index contributed by atoms with van der Waals surface area (Å²) in [5.41, 5.74) is -1.10. The molecule has 1 unspecified atom stereocenters. The SMILES string of the molecule is CCC(CC)(NC(=O)C1CCCNC1)C(=O)O. The van der Waals surface area contributed by atoms with Crippen molar-refractivity contribution < 1.29 is 14.7 Å². The fourth-order valence-electron chi connectivity index (χ4n) is 2.20. The van der Waals surface area contributed by atoms with Crippen LogP contribution in [0.5, 0.6) is 0 Å². The lowest BCUT2D eigenvalue weighted by Gasteiger charge is -2.31. The summed E-state index contributed by atoms with van der Waals surface area (Å²) in [4.78, 5) is 23.3. The maximum Gasteiger partial charge on any atom is 0.329 e. The van der Waals surface area contributed by atoms with Gasteiger partial charge in [0, 0.05) is 6.54 Å². The number of carboxylic acid groups (broad SMARTS) is 1. The summed E-state index contributed by atoms with van der Waals surface area (Å²) in [6.45, 7) is 5.17. The van der Waals surface area contributed by atoms with Crippen molar-refractivity contribution in [2.45, 2.75) is 45.1 Å². The second-order valence-electron chi connectivity index (χ2n) is 4.63. The Bertz CT molecular complexity index is 281. The van der Waals surface area contributed by atoms with E-state index in [1.165, 1.54) is 0 Å². The number of aliphatic carboxylic acids is 1. The molecule has 1 fully saturated rings. The van der Waals surface area contributed by atoms with E-state index < -0.39 is 11.5 Å². The van der Waals surface area contributed by atoms with Gasteiger partial charge >= 0.3 is 5.97 Å². The number of carboxylic acids is 1. The minimum atomic E-state index is -1.10. The Hall–Kier alpha value is -1.10. The van der Waals surface area contributed by atoms with Crippen LogP contribution >= 0.6 is 0 Å². The molecule has 5 heteroatoms. The molecule has 1 aliphatic heterocycles. The summed E-state index contributed by atoms with van der Waals surface area (Å²) in [6.07, 6.45) is 2.62. The van der Waals surface area contributed by atoms with Gasteiger partial charge in [0.2, 0.25) is 5.91 Å². The molecule has 0 saturated carbocycles. The lowest BCUT2D eigenvalue weighted by Crippen LogP contribution is -2.56. The van der Waals surface area contributed by atoms with Gasteiger partial charge in [0.15, 0.2) is 0 Å². The Labute approximate surface area is 102 Å². The van der Waals surface area contributed by atoms with Crippen molar-refractivity contribution >= 4 is 11.9 Å². The number of piperidine rings is 1. The first kappa shape index (κ1) is 14.0. The van der Waals surface area contributed by atoms with E-state index in [1.54, 1.807) is 13.8 Å². The molecule has 1 atom stereocenters. The van der Waals surface area contributed by atoms with Gasteiger partial charge < -0.3 is 15.7 Å². The minimum Gasteiger partial charge on any atom is -0.480 e. The van der Waals surface area contributed by atoms with E-state index in [1.807, 2.05) is 0 Å². The van der Waals surface area contributed by atoms with Gasteiger partial charge in [0.1, 0.15) is 5.54 Å². The lowest BCUT2D eigenvalue weighted by molar-refractivity contribution is -0.148. The molecule has 5 nitrogen and oxygen atoms in total. The smallest absolute Gasteiger partial charge is 0.329 e. The Balaban J connectivity index is 2.66.